The summed E-state index contributed by atoms with van der Waals surface area (Å²) >= 11 is 5.83. The maximum Gasteiger partial charge on any atom is 0.0485 e. The van der Waals surface area contributed by atoms with Crippen LogP contribution in [0.5, 0.6) is 0 Å². The van der Waals surface area contributed by atoms with Crippen molar-refractivity contribution in [2.75, 3.05) is 18.5 Å². The lowest BCUT2D eigenvalue weighted by molar-refractivity contribution is 0.144. The van der Waals surface area contributed by atoms with Gasteiger partial charge in [-0.3, -0.25) is 0 Å². The molecule has 2 nitrogen and oxygen atoms in total. The van der Waals surface area contributed by atoms with Crippen molar-refractivity contribution in [2.45, 2.75) is 25.3 Å². The Kier molecular flexibility index (Phi) is 3.87. The maximum atomic E-state index is 5.83. The second-order valence-corrected chi connectivity index (χ2v) is 4.33. The maximum absolute atomic E-state index is 5.83. The SMILES string of the molecule is Clc1ccc(NC2CCCOCC2)cc1. The highest BCUT2D eigenvalue weighted by atomic mass is 35.5. The van der Waals surface area contributed by atoms with E-state index < -0.39 is 0 Å². The Balaban J connectivity index is 1.92. The molecule has 1 N–H and O–H groups in total. The third-order valence-electron chi connectivity index (χ3n) is 2.67. The Labute approximate surface area is 95.6 Å². The Hall–Kier alpha value is -0.730. The first-order chi connectivity index (χ1) is 7.34. The van der Waals surface area contributed by atoms with E-state index in [-0.39, 0.29) is 0 Å². The van der Waals surface area contributed by atoms with E-state index in [0.717, 1.165) is 36.8 Å². The highest BCUT2D eigenvalue weighted by molar-refractivity contribution is 6.30. The normalized spacial score (nSPS) is 22.1. The van der Waals surface area contributed by atoms with E-state index in [9.17, 15) is 0 Å². The van der Waals surface area contributed by atoms with Crippen molar-refractivity contribution in [1.82, 2.24) is 0 Å². The van der Waals surface area contributed by atoms with E-state index in [0.29, 0.717) is 6.04 Å². The van der Waals surface area contributed by atoms with Crippen molar-refractivity contribution in [2.24, 2.45) is 0 Å². The Morgan fingerprint density at radius 1 is 1.13 bits per heavy atom. The molecule has 1 aromatic carbocycles. The van der Waals surface area contributed by atoms with Gasteiger partial charge in [0.1, 0.15) is 0 Å². The van der Waals surface area contributed by atoms with Crippen LogP contribution in [0.1, 0.15) is 19.3 Å². The molecule has 1 heterocycles. The predicted molar refractivity (Wildman–Crippen MR) is 63.5 cm³/mol. The van der Waals surface area contributed by atoms with Gasteiger partial charge in [0, 0.05) is 30.0 Å². The number of halogens is 1. The van der Waals surface area contributed by atoms with Crippen LogP contribution >= 0.6 is 11.6 Å². The topological polar surface area (TPSA) is 21.3 Å². The third kappa shape index (κ3) is 3.40. The molecule has 0 radical (unpaired) electrons. The molecule has 0 amide bonds. The highest BCUT2D eigenvalue weighted by Gasteiger charge is 2.11. The van der Waals surface area contributed by atoms with E-state index in [4.69, 9.17) is 16.3 Å². The van der Waals surface area contributed by atoms with Gasteiger partial charge in [0.25, 0.3) is 0 Å². The van der Waals surface area contributed by atoms with Gasteiger partial charge in [-0.25, -0.2) is 0 Å². The zero-order valence-corrected chi connectivity index (χ0v) is 9.46. The summed E-state index contributed by atoms with van der Waals surface area (Å²) in [6.45, 7) is 1.77. The van der Waals surface area contributed by atoms with E-state index in [1.807, 2.05) is 24.3 Å². The number of nitrogens with one attached hydrogen (secondary N) is 1. The number of benzene rings is 1. The third-order valence-corrected chi connectivity index (χ3v) is 2.92. The first kappa shape index (κ1) is 10.8. The van der Waals surface area contributed by atoms with E-state index in [2.05, 4.69) is 5.32 Å². The molecule has 1 unspecified atom stereocenters. The summed E-state index contributed by atoms with van der Waals surface area (Å²) in [4.78, 5) is 0. The largest absolute Gasteiger partial charge is 0.382 e. The van der Waals surface area contributed by atoms with Gasteiger partial charge in [0.15, 0.2) is 0 Å². The minimum Gasteiger partial charge on any atom is -0.382 e. The van der Waals surface area contributed by atoms with E-state index in [1.165, 1.54) is 6.42 Å². The number of rotatable bonds is 2. The molecule has 1 atom stereocenters. The fraction of sp³-hybridized carbons (Fsp3) is 0.500. The molecule has 1 aromatic rings. The van der Waals surface area contributed by atoms with Gasteiger partial charge in [0.05, 0.1) is 0 Å². The second kappa shape index (κ2) is 5.38. The summed E-state index contributed by atoms with van der Waals surface area (Å²) in [6, 6.07) is 8.41. The van der Waals surface area contributed by atoms with Crippen LogP contribution in [0.4, 0.5) is 5.69 Å². The van der Waals surface area contributed by atoms with E-state index >= 15 is 0 Å². The Morgan fingerprint density at radius 3 is 2.73 bits per heavy atom. The van der Waals surface area contributed by atoms with Crippen molar-refractivity contribution in [3.8, 4) is 0 Å². The van der Waals surface area contributed by atoms with Crippen LogP contribution in [-0.2, 0) is 4.74 Å². The minimum atomic E-state index is 0.536. The van der Waals surface area contributed by atoms with Gasteiger partial charge in [-0.2, -0.15) is 0 Å². The first-order valence-corrected chi connectivity index (χ1v) is 5.82. The monoisotopic (exact) mass is 225 g/mol. The number of anilines is 1. The minimum absolute atomic E-state index is 0.536. The molecule has 0 saturated carbocycles. The van der Waals surface area contributed by atoms with Crippen molar-refractivity contribution in [3.63, 3.8) is 0 Å². The molecule has 0 aliphatic carbocycles. The van der Waals surface area contributed by atoms with Crippen molar-refractivity contribution < 1.29 is 4.74 Å². The standard InChI is InChI=1S/C12H16ClNO/c13-10-3-5-12(6-4-10)14-11-2-1-8-15-9-7-11/h3-6,11,14H,1-2,7-9H2. The van der Waals surface area contributed by atoms with Crippen molar-refractivity contribution >= 4 is 17.3 Å². The first-order valence-electron chi connectivity index (χ1n) is 5.44. The summed E-state index contributed by atoms with van der Waals surface area (Å²) in [5, 5.41) is 4.29. The highest BCUT2D eigenvalue weighted by Crippen LogP contribution is 2.17. The summed E-state index contributed by atoms with van der Waals surface area (Å²) < 4.78 is 5.42. The molecular formula is C12H16ClNO. The smallest absolute Gasteiger partial charge is 0.0485 e. The van der Waals surface area contributed by atoms with Crippen LogP contribution in [-0.4, -0.2) is 19.3 Å². The second-order valence-electron chi connectivity index (χ2n) is 3.89. The summed E-state index contributed by atoms with van der Waals surface area (Å²) in [7, 11) is 0. The molecule has 1 aliphatic rings. The Bertz CT molecular complexity index is 291. The van der Waals surface area contributed by atoms with Crippen LogP contribution in [0, 0.1) is 0 Å². The van der Waals surface area contributed by atoms with Gasteiger partial charge in [-0.15, -0.1) is 0 Å². The zero-order chi connectivity index (χ0) is 10.5. The molecule has 1 aliphatic heterocycles. The molecule has 2 rings (SSSR count). The fourth-order valence-corrected chi connectivity index (χ4v) is 1.96. The number of hydrogen-bond donors (Lipinski definition) is 1. The molecule has 15 heavy (non-hydrogen) atoms. The van der Waals surface area contributed by atoms with Gasteiger partial charge in [0.2, 0.25) is 0 Å². The van der Waals surface area contributed by atoms with Crippen LogP contribution in [0.3, 0.4) is 0 Å². The molecule has 3 heteroatoms. The van der Waals surface area contributed by atoms with Crippen molar-refractivity contribution in [3.05, 3.63) is 29.3 Å². The lowest BCUT2D eigenvalue weighted by Crippen LogP contribution is -2.19. The molecule has 82 valence electrons. The van der Waals surface area contributed by atoms with E-state index in [1.54, 1.807) is 0 Å². The predicted octanol–water partition coefficient (Wildman–Crippen LogP) is 3.32. The van der Waals surface area contributed by atoms with Gasteiger partial charge in [-0.05, 0) is 43.5 Å². The number of ether oxygens (including phenoxy) is 1. The molecule has 0 spiro atoms. The van der Waals surface area contributed by atoms with Gasteiger partial charge < -0.3 is 10.1 Å². The summed E-state index contributed by atoms with van der Waals surface area (Å²) in [6.07, 6.45) is 3.41. The summed E-state index contributed by atoms with van der Waals surface area (Å²) in [5.41, 5.74) is 1.14. The lowest BCUT2D eigenvalue weighted by Gasteiger charge is -2.16. The molecule has 0 bridgehead atoms. The average molecular weight is 226 g/mol. The fourth-order valence-electron chi connectivity index (χ4n) is 1.83. The summed E-state index contributed by atoms with van der Waals surface area (Å²) in [5.74, 6) is 0. The van der Waals surface area contributed by atoms with Gasteiger partial charge >= 0.3 is 0 Å². The Morgan fingerprint density at radius 2 is 1.93 bits per heavy atom. The van der Waals surface area contributed by atoms with Gasteiger partial charge in [-0.1, -0.05) is 11.6 Å². The zero-order valence-electron chi connectivity index (χ0n) is 8.71. The number of hydrogen-bond acceptors (Lipinski definition) is 2. The van der Waals surface area contributed by atoms with Crippen LogP contribution in [0.25, 0.3) is 0 Å². The average Bonchev–Trinajstić information content (AvgIpc) is 2.50. The molecule has 1 fully saturated rings. The van der Waals surface area contributed by atoms with Crippen LogP contribution in [0.2, 0.25) is 5.02 Å². The lowest BCUT2D eigenvalue weighted by atomic mass is 10.1. The quantitative estimate of drug-likeness (QED) is 0.834. The van der Waals surface area contributed by atoms with Crippen molar-refractivity contribution in [1.29, 1.82) is 0 Å². The molecular weight excluding hydrogens is 210 g/mol. The molecule has 1 saturated heterocycles. The van der Waals surface area contributed by atoms with Crippen LogP contribution < -0.4 is 5.32 Å². The molecule has 0 aromatic heterocycles. The van der Waals surface area contributed by atoms with Crippen LogP contribution in [0.15, 0.2) is 24.3 Å².